The normalized spacial score (nSPS) is 29.5. The van der Waals surface area contributed by atoms with E-state index in [1.807, 2.05) is 0 Å². The molecule has 0 heterocycles. The van der Waals surface area contributed by atoms with Crippen LogP contribution in [-0.2, 0) is 11.2 Å². The smallest absolute Gasteiger partial charge is 0.223 e. The Morgan fingerprint density at radius 3 is 2.52 bits per heavy atom. The molecule has 2 unspecified atom stereocenters. The van der Waals surface area contributed by atoms with Crippen molar-refractivity contribution in [1.82, 2.24) is 5.32 Å². The Morgan fingerprint density at radius 1 is 1.22 bits per heavy atom. The molecule has 0 saturated heterocycles. The number of carbonyl (C=O) groups is 1. The van der Waals surface area contributed by atoms with Crippen molar-refractivity contribution in [3.05, 3.63) is 35.4 Å². The molecular weight excluding hydrogens is 308 g/mol. The van der Waals surface area contributed by atoms with E-state index >= 15 is 0 Å². The van der Waals surface area contributed by atoms with Gasteiger partial charge in [0.15, 0.2) is 0 Å². The van der Waals surface area contributed by atoms with Crippen LogP contribution < -0.4 is 11.1 Å². The van der Waals surface area contributed by atoms with Crippen molar-refractivity contribution in [1.29, 1.82) is 0 Å². The predicted octanol–water partition coefficient (Wildman–Crippen LogP) is 3.23. The van der Waals surface area contributed by atoms with Crippen molar-refractivity contribution in [3.8, 4) is 0 Å². The van der Waals surface area contributed by atoms with Crippen LogP contribution in [-0.4, -0.2) is 18.5 Å². The summed E-state index contributed by atoms with van der Waals surface area (Å²) in [7, 11) is 0. The van der Waals surface area contributed by atoms with Gasteiger partial charge in [0.25, 0.3) is 0 Å². The molecule has 0 radical (unpaired) electrons. The van der Waals surface area contributed by atoms with Crippen LogP contribution in [0.3, 0.4) is 0 Å². The first kappa shape index (κ1) is 18.3. The van der Waals surface area contributed by atoms with Crippen LogP contribution in [0.4, 0.5) is 0 Å². The second-order valence-corrected chi connectivity index (χ2v) is 7.16. The fourth-order valence-electron chi connectivity index (χ4n) is 4.36. The summed E-state index contributed by atoms with van der Waals surface area (Å²) in [6.45, 7) is 2.86. The highest BCUT2D eigenvalue weighted by Crippen LogP contribution is 2.41. The number of hydrogen-bond donors (Lipinski definition) is 2. The summed E-state index contributed by atoms with van der Waals surface area (Å²) < 4.78 is 0. The number of aryl methyl sites for hydroxylation is 1. The standard InChI is InChI=1S/C19H28N2O.ClH/c1-13-5-2-3-6-14(13)9-10-21-19(22)17-11-15-7-4-8-16(12-17)18(15)20;/h2-3,5-6,15-18H,4,7-12,20H2,1H3,(H,21,22);1H. The lowest BCUT2D eigenvalue weighted by atomic mass is 9.65. The predicted molar refractivity (Wildman–Crippen MR) is 96.7 cm³/mol. The molecule has 0 aromatic heterocycles. The largest absolute Gasteiger partial charge is 0.356 e. The van der Waals surface area contributed by atoms with E-state index < -0.39 is 0 Å². The summed E-state index contributed by atoms with van der Waals surface area (Å²) in [5.74, 6) is 1.57. The first-order valence-electron chi connectivity index (χ1n) is 8.73. The summed E-state index contributed by atoms with van der Waals surface area (Å²) in [6, 6.07) is 8.73. The van der Waals surface area contributed by atoms with Gasteiger partial charge < -0.3 is 11.1 Å². The number of hydrogen-bond acceptors (Lipinski definition) is 2. The van der Waals surface area contributed by atoms with E-state index in [4.69, 9.17) is 5.73 Å². The van der Waals surface area contributed by atoms with Crippen molar-refractivity contribution in [2.45, 2.75) is 51.5 Å². The fraction of sp³-hybridized carbons (Fsp3) is 0.632. The highest BCUT2D eigenvalue weighted by atomic mass is 35.5. The summed E-state index contributed by atoms with van der Waals surface area (Å²) >= 11 is 0. The van der Waals surface area contributed by atoms with Crippen molar-refractivity contribution in [3.63, 3.8) is 0 Å². The third-order valence-corrected chi connectivity index (χ3v) is 5.74. The molecular formula is C19H29ClN2O. The van der Waals surface area contributed by atoms with Gasteiger partial charge in [0.05, 0.1) is 0 Å². The average molecular weight is 337 g/mol. The molecule has 1 amide bonds. The zero-order chi connectivity index (χ0) is 15.5. The average Bonchev–Trinajstić information content (AvgIpc) is 2.49. The molecule has 0 aliphatic heterocycles. The van der Waals surface area contributed by atoms with Crippen LogP contribution in [0.2, 0.25) is 0 Å². The number of carbonyl (C=O) groups excluding carboxylic acids is 1. The maximum absolute atomic E-state index is 12.5. The van der Waals surface area contributed by atoms with Gasteiger partial charge in [-0.1, -0.05) is 30.7 Å². The Balaban J connectivity index is 0.00000192. The molecule has 2 fully saturated rings. The Hall–Kier alpha value is -1.06. The Bertz CT molecular complexity index is 520. The van der Waals surface area contributed by atoms with Gasteiger partial charge in [-0.3, -0.25) is 4.79 Å². The molecule has 23 heavy (non-hydrogen) atoms. The number of nitrogens with two attached hydrogens (primary N) is 1. The molecule has 1 aromatic carbocycles. The van der Waals surface area contributed by atoms with Crippen molar-refractivity contribution in [2.75, 3.05) is 6.54 Å². The van der Waals surface area contributed by atoms with Gasteiger partial charge in [0, 0.05) is 18.5 Å². The second kappa shape index (κ2) is 8.16. The minimum Gasteiger partial charge on any atom is -0.356 e. The van der Waals surface area contributed by atoms with E-state index in [9.17, 15) is 4.79 Å². The van der Waals surface area contributed by atoms with Crippen molar-refractivity contribution < 1.29 is 4.79 Å². The third kappa shape index (κ3) is 4.27. The second-order valence-electron chi connectivity index (χ2n) is 7.16. The molecule has 2 aliphatic carbocycles. The van der Waals surface area contributed by atoms with Gasteiger partial charge in [-0.25, -0.2) is 0 Å². The summed E-state index contributed by atoms with van der Waals surface area (Å²) in [5, 5.41) is 3.15. The number of rotatable bonds is 4. The monoisotopic (exact) mass is 336 g/mol. The SMILES string of the molecule is Cc1ccccc1CCNC(=O)C1CC2CCCC(C1)C2N.Cl. The van der Waals surface area contributed by atoms with Gasteiger partial charge in [-0.05, 0) is 62.0 Å². The van der Waals surface area contributed by atoms with Gasteiger partial charge in [0.1, 0.15) is 0 Å². The molecule has 3 rings (SSSR count). The molecule has 128 valence electrons. The minimum absolute atomic E-state index is 0. The number of halogens is 1. The Kier molecular flexibility index (Phi) is 6.49. The lowest BCUT2D eigenvalue weighted by Gasteiger charge is -2.43. The van der Waals surface area contributed by atoms with Gasteiger partial charge in [0.2, 0.25) is 5.91 Å². The van der Waals surface area contributed by atoms with Gasteiger partial charge in [-0.15, -0.1) is 12.4 Å². The molecule has 0 spiro atoms. The van der Waals surface area contributed by atoms with E-state index in [0.29, 0.717) is 17.9 Å². The molecule has 2 aliphatic rings. The summed E-state index contributed by atoms with van der Waals surface area (Å²) in [6.07, 6.45) is 6.62. The fourth-order valence-corrected chi connectivity index (χ4v) is 4.36. The van der Waals surface area contributed by atoms with E-state index in [0.717, 1.165) is 25.8 Å². The van der Waals surface area contributed by atoms with Crippen LogP contribution in [0.1, 0.15) is 43.2 Å². The summed E-state index contributed by atoms with van der Waals surface area (Å²) in [4.78, 5) is 12.5. The highest BCUT2D eigenvalue weighted by Gasteiger charge is 2.40. The van der Waals surface area contributed by atoms with Crippen molar-refractivity contribution in [2.24, 2.45) is 23.5 Å². The quantitative estimate of drug-likeness (QED) is 0.887. The maximum Gasteiger partial charge on any atom is 0.223 e. The molecule has 4 heteroatoms. The number of benzene rings is 1. The van der Waals surface area contributed by atoms with E-state index in [-0.39, 0.29) is 24.2 Å². The van der Waals surface area contributed by atoms with Gasteiger partial charge >= 0.3 is 0 Å². The zero-order valence-electron chi connectivity index (χ0n) is 14.0. The van der Waals surface area contributed by atoms with Crippen LogP contribution in [0, 0.1) is 24.7 Å². The molecule has 3 nitrogen and oxygen atoms in total. The first-order chi connectivity index (χ1) is 10.6. The Labute approximate surface area is 145 Å². The third-order valence-electron chi connectivity index (χ3n) is 5.74. The minimum atomic E-state index is 0. The molecule has 3 N–H and O–H groups in total. The molecule has 2 saturated carbocycles. The van der Waals surface area contributed by atoms with E-state index in [1.54, 1.807) is 0 Å². The summed E-state index contributed by atoms with van der Waals surface area (Å²) in [5.41, 5.74) is 8.93. The van der Waals surface area contributed by atoms with Gasteiger partial charge in [-0.2, -0.15) is 0 Å². The van der Waals surface area contributed by atoms with E-state index in [2.05, 4.69) is 36.5 Å². The van der Waals surface area contributed by atoms with Crippen LogP contribution >= 0.6 is 12.4 Å². The molecule has 1 aromatic rings. The van der Waals surface area contributed by atoms with Crippen molar-refractivity contribution >= 4 is 18.3 Å². The molecule has 2 atom stereocenters. The zero-order valence-corrected chi connectivity index (χ0v) is 14.8. The van der Waals surface area contributed by atoms with Crippen LogP contribution in [0.5, 0.6) is 0 Å². The Morgan fingerprint density at radius 2 is 1.87 bits per heavy atom. The van der Waals surface area contributed by atoms with E-state index in [1.165, 1.54) is 30.4 Å². The topological polar surface area (TPSA) is 55.1 Å². The number of fused-ring (bicyclic) bond motifs is 2. The number of nitrogens with one attached hydrogen (secondary N) is 1. The lowest BCUT2D eigenvalue weighted by molar-refractivity contribution is -0.127. The molecule has 2 bridgehead atoms. The highest BCUT2D eigenvalue weighted by molar-refractivity contribution is 5.85. The number of amides is 1. The maximum atomic E-state index is 12.5. The first-order valence-corrected chi connectivity index (χ1v) is 8.73. The van der Waals surface area contributed by atoms with Crippen LogP contribution in [0.15, 0.2) is 24.3 Å². The van der Waals surface area contributed by atoms with Crippen LogP contribution in [0.25, 0.3) is 0 Å². The lowest BCUT2D eigenvalue weighted by Crippen LogP contribution is -2.49.